The Morgan fingerprint density at radius 2 is 1.72 bits per heavy atom. The van der Waals surface area contributed by atoms with Crippen LogP contribution in [0.1, 0.15) is 49.3 Å². The van der Waals surface area contributed by atoms with Crippen LogP contribution < -0.4 is 4.90 Å². The first-order valence-corrected chi connectivity index (χ1v) is 13.5. The number of thioether (sulfide) groups is 1. The zero-order chi connectivity index (χ0) is 25.2. The first-order valence-electron chi connectivity index (χ1n) is 12.7. The second-order valence-corrected chi connectivity index (χ2v) is 10.5. The maximum atomic E-state index is 13.2. The van der Waals surface area contributed by atoms with Gasteiger partial charge in [0.15, 0.2) is 0 Å². The van der Waals surface area contributed by atoms with E-state index in [1.165, 1.54) is 17.7 Å². The van der Waals surface area contributed by atoms with Gasteiger partial charge < -0.3 is 9.47 Å². The fraction of sp³-hybridized carbons (Fsp3) is 0.345. The Bertz CT molecular complexity index is 1350. The molecule has 36 heavy (non-hydrogen) atoms. The van der Waals surface area contributed by atoms with Gasteiger partial charge in [-0.05, 0) is 61.7 Å². The van der Waals surface area contributed by atoms with E-state index < -0.39 is 0 Å². The van der Waals surface area contributed by atoms with Crippen molar-refractivity contribution in [1.82, 2.24) is 9.47 Å². The summed E-state index contributed by atoms with van der Waals surface area (Å²) in [6.07, 6.45) is 9.06. The van der Waals surface area contributed by atoms with Gasteiger partial charge in [0.2, 0.25) is 5.91 Å². The van der Waals surface area contributed by atoms with Gasteiger partial charge >= 0.3 is 0 Å². The molecular formula is C29H31N3O3S. The molecule has 2 aliphatic rings. The van der Waals surface area contributed by atoms with E-state index in [2.05, 4.69) is 13.0 Å². The fourth-order valence-electron chi connectivity index (χ4n) is 5.08. The zero-order valence-corrected chi connectivity index (χ0v) is 21.6. The first-order chi connectivity index (χ1) is 17.5. The quantitative estimate of drug-likeness (QED) is 0.393. The maximum Gasteiger partial charge on any atom is 0.298 e. The fourth-order valence-corrected chi connectivity index (χ4v) is 5.91. The summed E-state index contributed by atoms with van der Waals surface area (Å²) in [6.45, 7) is 5.98. The molecule has 0 unspecified atom stereocenters. The van der Waals surface area contributed by atoms with Gasteiger partial charge in [0, 0.05) is 30.2 Å². The standard InChI is InChI=1S/C29H31N3O3S/c1-3-21-9-8-10-24-22(18-31(27(21)24)19-26(33)30-15-6-4-5-7-16-30)17-25-28(34)32(29(35)36-25)23-13-11-20(2)12-14-23/h8-14,17-18H,3-7,15-16,19H2,1-2H3/b25-17-. The van der Waals surface area contributed by atoms with E-state index in [0.29, 0.717) is 10.6 Å². The number of fused-ring (bicyclic) bond motifs is 1. The Morgan fingerprint density at radius 3 is 2.42 bits per heavy atom. The second-order valence-electron chi connectivity index (χ2n) is 9.53. The number of imide groups is 1. The van der Waals surface area contributed by atoms with Gasteiger partial charge in [-0.25, -0.2) is 4.90 Å². The van der Waals surface area contributed by atoms with Crippen LogP contribution in [0.15, 0.2) is 53.6 Å². The molecule has 0 aliphatic carbocycles. The molecule has 0 saturated carbocycles. The van der Waals surface area contributed by atoms with Gasteiger partial charge in [-0.15, -0.1) is 0 Å². The molecule has 2 saturated heterocycles. The van der Waals surface area contributed by atoms with Crippen molar-refractivity contribution in [3.05, 3.63) is 70.3 Å². The molecule has 7 heteroatoms. The van der Waals surface area contributed by atoms with Gasteiger partial charge in [-0.3, -0.25) is 14.4 Å². The van der Waals surface area contributed by atoms with Crippen molar-refractivity contribution in [2.45, 2.75) is 52.5 Å². The molecule has 6 nitrogen and oxygen atoms in total. The Hall–Kier alpha value is -3.32. The second kappa shape index (κ2) is 10.3. The molecule has 3 heterocycles. The molecule has 0 atom stereocenters. The van der Waals surface area contributed by atoms with Crippen molar-refractivity contribution < 1.29 is 14.4 Å². The highest BCUT2D eigenvalue weighted by Gasteiger charge is 2.36. The van der Waals surface area contributed by atoms with Crippen molar-refractivity contribution in [2.24, 2.45) is 0 Å². The third kappa shape index (κ3) is 4.72. The number of aromatic nitrogens is 1. The van der Waals surface area contributed by atoms with Gasteiger partial charge in [0.25, 0.3) is 11.1 Å². The molecule has 1 aromatic heterocycles. The van der Waals surface area contributed by atoms with Crippen LogP contribution in [0.3, 0.4) is 0 Å². The molecule has 2 fully saturated rings. The molecule has 2 aliphatic heterocycles. The summed E-state index contributed by atoms with van der Waals surface area (Å²) < 4.78 is 2.03. The predicted molar refractivity (Wildman–Crippen MR) is 146 cm³/mol. The summed E-state index contributed by atoms with van der Waals surface area (Å²) >= 11 is 0.956. The third-order valence-corrected chi connectivity index (χ3v) is 7.90. The third-order valence-electron chi connectivity index (χ3n) is 7.03. The number of benzene rings is 2. The lowest BCUT2D eigenvalue weighted by Gasteiger charge is -2.21. The summed E-state index contributed by atoms with van der Waals surface area (Å²) in [5.74, 6) is -0.187. The molecule has 5 rings (SSSR count). The average Bonchev–Trinajstić information content (AvgIpc) is 3.20. The van der Waals surface area contributed by atoms with E-state index in [9.17, 15) is 14.4 Å². The Balaban J connectivity index is 1.49. The number of carbonyl (C=O) groups is 3. The normalized spacial score (nSPS) is 17.9. The first kappa shape index (κ1) is 24.4. The number of amides is 3. The van der Waals surface area contributed by atoms with Crippen LogP contribution in [0.25, 0.3) is 17.0 Å². The average molecular weight is 502 g/mol. The molecule has 186 valence electrons. The topological polar surface area (TPSA) is 62.6 Å². The van der Waals surface area contributed by atoms with Crippen molar-refractivity contribution in [1.29, 1.82) is 0 Å². The van der Waals surface area contributed by atoms with Crippen LogP contribution in [0.4, 0.5) is 10.5 Å². The minimum absolute atomic E-state index is 0.131. The van der Waals surface area contributed by atoms with Crippen LogP contribution in [-0.2, 0) is 22.6 Å². The molecule has 0 bridgehead atoms. The van der Waals surface area contributed by atoms with Crippen LogP contribution in [0.2, 0.25) is 0 Å². The van der Waals surface area contributed by atoms with Gasteiger partial charge in [-0.1, -0.05) is 55.7 Å². The smallest absolute Gasteiger partial charge is 0.298 e. The lowest BCUT2D eigenvalue weighted by Crippen LogP contribution is -2.34. The van der Waals surface area contributed by atoms with E-state index in [1.807, 2.05) is 46.9 Å². The number of anilines is 1. The van der Waals surface area contributed by atoms with Gasteiger partial charge in [0.1, 0.15) is 6.54 Å². The number of nitrogens with zero attached hydrogens (tertiary/aromatic N) is 3. The van der Waals surface area contributed by atoms with E-state index in [1.54, 1.807) is 18.2 Å². The minimum Gasteiger partial charge on any atom is -0.341 e. The van der Waals surface area contributed by atoms with E-state index in [0.717, 1.165) is 71.7 Å². The monoisotopic (exact) mass is 501 g/mol. The number of carbonyl (C=O) groups excluding carboxylic acids is 3. The Labute approximate surface area is 215 Å². The summed E-state index contributed by atoms with van der Waals surface area (Å²) in [4.78, 5) is 42.8. The van der Waals surface area contributed by atoms with Gasteiger partial charge in [-0.2, -0.15) is 0 Å². The highest BCUT2D eigenvalue weighted by Crippen LogP contribution is 2.37. The number of aryl methyl sites for hydroxylation is 2. The van der Waals surface area contributed by atoms with E-state index in [4.69, 9.17) is 0 Å². The maximum absolute atomic E-state index is 13.2. The van der Waals surface area contributed by atoms with Crippen LogP contribution in [-0.4, -0.2) is 39.6 Å². The predicted octanol–water partition coefficient (Wildman–Crippen LogP) is 6.16. The largest absolute Gasteiger partial charge is 0.341 e. The summed E-state index contributed by atoms with van der Waals surface area (Å²) in [7, 11) is 0. The number of rotatable bonds is 5. The lowest BCUT2D eigenvalue weighted by atomic mass is 10.1. The van der Waals surface area contributed by atoms with E-state index >= 15 is 0 Å². The highest BCUT2D eigenvalue weighted by atomic mass is 32.2. The minimum atomic E-state index is -0.318. The molecular weight excluding hydrogens is 470 g/mol. The number of hydrogen-bond acceptors (Lipinski definition) is 4. The number of hydrogen-bond donors (Lipinski definition) is 0. The molecule has 0 N–H and O–H groups in total. The van der Waals surface area contributed by atoms with Crippen LogP contribution in [0, 0.1) is 6.92 Å². The van der Waals surface area contributed by atoms with Crippen molar-refractivity contribution in [2.75, 3.05) is 18.0 Å². The molecule has 2 aromatic carbocycles. The van der Waals surface area contributed by atoms with Crippen molar-refractivity contribution in [3.8, 4) is 0 Å². The van der Waals surface area contributed by atoms with Crippen LogP contribution in [0.5, 0.6) is 0 Å². The van der Waals surface area contributed by atoms with Crippen molar-refractivity contribution in [3.63, 3.8) is 0 Å². The Kier molecular flexibility index (Phi) is 7.01. The number of likely N-dealkylation sites (tertiary alicyclic amines) is 1. The molecule has 0 radical (unpaired) electrons. The van der Waals surface area contributed by atoms with Crippen molar-refractivity contribution >= 4 is 51.5 Å². The van der Waals surface area contributed by atoms with Crippen LogP contribution >= 0.6 is 11.8 Å². The highest BCUT2D eigenvalue weighted by molar-refractivity contribution is 8.19. The molecule has 3 aromatic rings. The van der Waals surface area contributed by atoms with Gasteiger partial charge in [0.05, 0.1) is 16.1 Å². The molecule has 0 spiro atoms. The summed E-state index contributed by atoms with van der Waals surface area (Å²) in [6, 6.07) is 13.5. The number of para-hydroxylation sites is 1. The SMILES string of the molecule is CCc1cccc2c(/C=C3\SC(=O)N(c4ccc(C)cc4)C3=O)cn(CC(=O)N3CCCCCC3)c12. The summed E-state index contributed by atoms with van der Waals surface area (Å²) in [5.41, 5.74) is 4.66. The lowest BCUT2D eigenvalue weighted by molar-refractivity contribution is -0.131. The summed E-state index contributed by atoms with van der Waals surface area (Å²) in [5, 5.41) is 0.685. The molecule has 3 amide bonds. The van der Waals surface area contributed by atoms with E-state index in [-0.39, 0.29) is 23.6 Å². The Morgan fingerprint density at radius 1 is 1.00 bits per heavy atom. The zero-order valence-electron chi connectivity index (χ0n) is 20.8.